The molecule has 0 unspecified atom stereocenters. The second-order valence-corrected chi connectivity index (χ2v) is 11.0. The van der Waals surface area contributed by atoms with Crippen molar-refractivity contribution in [1.82, 2.24) is 14.1 Å². The molecule has 0 aliphatic rings. The number of Topliss-reactive ketones (excluding diaryl/α,β-unsaturated/α-hetero) is 1. The average Bonchev–Trinajstić information content (AvgIpc) is 3.58. The SMILES string of the molecule is C=CCn1c(SCC(=O)c2cc(C)n(-c3ccc(F)c(Cl)c3)c2C)nc2scc(-c3ccc(C)o3)c2c1=O. The van der Waals surface area contributed by atoms with Crippen LogP contribution in [0, 0.1) is 26.6 Å². The Kier molecular flexibility index (Phi) is 7.17. The van der Waals surface area contributed by atoms with Gasteiger partial charge in [0.25, 0.3) is 5.56 Å². The number of aromatic nitrogens is 3. The number of rotatable bonds is 8. The zero-order chi connectivity index (χ0) is 27.1. The van der Waals surface area contributed by atoms with E-state index in [0.29, 0.717) is 37.9 Å². The Balaban J connectivity index is 1.46. The van der Waals surface area contributed by atoms with Gasteiger partial charge in [-0.05, 0) is 57.2 Å². The largest absolute Gasteiger partial charge is 0.461 e. The van der Waals surface area contributed by atoms with Crippen LogP contribution in [0.3, 0.4) is 0 Å². The van der Waals surface area contributed by atoms with Crippen molar-refractivity contribution in [3.05, 3.63) is 98.3 Å². The number of thiophene rings is 1. The standard InChI is InChI=1S/C28H23ClFN3O3S2/c1-5-10-32-27(35)25-20(24-9-6-16(3)36-24)13-37-26(25)31-28(32)38-14-23(34)19-11-15(2)33(17(19)4)18-7-8-22(30)21(29)12-18/h5-9,11-13H,1,10,14H2,2-4H3. The van der Waals surface area contributed by atoms with E-state index in [4.69, 9.17) is 21.0 Å². The van der Waals surface area contributed by atoms with Crippen LogP contribution in [-0.2, 0) is 6.54 Å². The van der Waals surface area contributed by atoms with E-state index in [9.17, 15) is 14.0 Å². The highest BCUT2D eigenvalue weighted by Gasteiger charge is 2.21. The van der Waals surface area contributed by atoms with Gasteiger partial charge in [0.05, 0.1) is 16.2 Å². The number of hydrogen-bond donors (Lipinski definition) is 0. The smallest absolute Gasteiger partial charge is 0.263 e. The van der Waals surface area contributed by atoms with E-state index in [0.717, 1.165) is 17.1 Å². The number of halogens is 2. The van der Waals surface area contributed by atoms with Crippen molar-refractivity contribution in [3.63, 3.8) is 0 Å². The summed E-state index contributed by atoms with van der Waals surface area (Å²) in [4.78, 5) is 32.1. The minimum atomic E-state index is -0.502. The molecule has 5 aromatic rings. The predicted octanol–water partition coefficient (Wildman–Crippen LogP) is 7.39. The second kappa shape index (κ2) is 10.4. The van der Waals surface area contributed by atoms with Gasteiger partial charge in [-0.2, -0.15) is 0 Å². The molecule has 1 aromatic carbocycles. The van der Waals surface area contributed by atoms with E-state index in [2.05, 4.69) is 6.58 Å². The van der Waals surface area contributed by atoms with Gasteiger partial charge in [0.2, 0.25) is 0 Å². The fraction of sp³-hybridized carbons (Fsp3) is 0.179. The van der Waals surface area contributed by atoms with E-state index < -0.39 is 5.82 Å². The first-order valence-electron chi connectivity index (χ1n) is 11.7. The maximum absolute atomic E-state index is 13.7. The van der Waals surface area contributed by atoms with Crippen molar-refractivity contribution < 1.29 is 13.6 Å². The number of furan rings is 1. The van der Waals surface area contributed by atoms with Crippen molar-refractivity contribution in [2.75, 3.05) is 5.75 Å². The molecule has 10 heteroatoms. The van der Waals surface area contributed by atoms with Gasteiger partial charge < -0.3 is 8.98 Å². The lowest BCUT2D eigenvalue weighted by atomic mass is 10.2. The summed E-state index contributed by atoms with van der Waals surface area (Å²) in [5.74, 6) is 0.842. The third-order valence-electron chi connectivity index (χ3n) is 6.20. The average molecular weight is 568 g/mol. The number of nitrogens with zero attached hydrogens (tertiary/aromatic N) is 3. The molecule has 6 nitrogen and oxygen atoms in total. The molecule has 0 saturated heterocycles. The second-order valence-electron chi connectivity index (χ2n) is 8.77. The van der Waals surface area contributed by atoms with Crippen molar-refractivity contribution >= 4 is 50.7 Å². The zero-order valence-corrected chi connectivity index (χ0v) is 23.3. The summed E-state index contributed by atoms with van der Waals surface area (Å²) in [6.45, 7) is 9.60. The molecule has 0 bridgehead atoms. The fourth-order valence-electron chi connectivity index (χ4n) is 4.44. The molecule has 0 N–H and O–H groups in total. The highest BCUT2D eigenvalue weighted by Crippen LogP contribution is 2.33. The fourth-order valence-corrected chi connectivity index (χ4v) is 6.48. The zero-order valence-electron chi connectivity index (χ0n) is 20.9. The van der Waals surface area contributed by atoms with Gasteiger partial charge in [-0.15, -0.1) is 17.9 Å². The Bertz CT molecular complexity index is 1780. The highest BCUT2D eigenvalue weighted by atomic mass is 35.5. The summed E-state index contributed by atoms with van der Waals surface area (Å²) in [6, 6.07) is 9.96. The Hall–Kier alpha value is -3.40. The number of carbonyl (C=O) groups excluding carboxylic acids is 1. The number of ketones is 1. The summed E-state index contributed by atoms with van der Waals surface area (Å²) >= 11 is 8.55. The predicted molar refractivity (Wildman–Crippen MR) is 152 cm³/mol. The van der Waals surface area contributed by atoms with Crippen molar-refractivity contribution in [2.45, 2.75) is 32.5 Å². The maximum Gasteiger partial charge on any atom is 0.263 e. The molecule has 0 spiro atoms. The Morgan fingerprint density at radius 2 is 2.03 bits per heavy atom. The number of carbonyl (C=O) groups is 1. The number of hydrogen-bond acceptors (Lipinski definition) is 6. The van der Waals surface area contributed by atoms with E-state index in [-0.39, 0.29) is 28.7 Å². The topological polar surface area (TPSA) is 70.0 Å². The Morgan fingerprint density at radius 3 is 2.71 bits per heavy atom. The lowest BCUT2D eigenvalue weighted by Crippen LogP contribution is -2.23. The van der Waals surface area contributed by atoms with Crippen LogP contribution in [0.5, 0.6) is 0 Å². The summed E-state index contributed by atoms with van der Waals surface area (Å²) in [5, 5.41) is 2.81. The minimum absolute atomic E-state index is 0.0130. The van der Waals surface area contributed by atoms with Crippen LogP contribution in [-0.4, -0.2) is 25.7 Å². The van der Waals surface area contributed by atoms with Gasteiger partial charge in [-0.3, -0.25) is 14.2 Å². The summed E-state index contributed by atoms with van der Waals surface area (Å²) < 4.78 is 22.8. The van der Waals surface area contributed by atoms with Crippen molar-refractivity contribution in [3.8, 4) is 17.0 Å². The molecular formula is C28H23ClFN3O3S2. The van der Waals surface area contributed by atoms with Crippen LogP contribution in [0.25, 0.3) is 27.2 Å². The first kappa shape index (κ1) is 26.2. The molecule has 4 aromatic heterocycles. The minimum Gasteiger partial charge on any atom is -0.461 e. The van der Waals surface area contributed by atoms with Crippen LogP contribution in [0.15, 0.2) is 68.8 Å². The number of thioether (sulfide) groups is 1. The summed E-state index contributed by atoms with van der Waals surface area (Å²) in [6.07, 6.45) is 1.63. The number of aryl methyl sites for hydroxylation is 2. The van der Waals surface area contributed by atoms with Crippen LogP contribution in [0.4, 0.5) is 4.39 Å². The molecule has 0 aliphatic carbocycles. The third kappa shape index (κ3) is 4.66. The molecule has 38 heavy (non-hydrogen) atoms. The van der Waals surface area contributed by atoms with Crippen LogP contribution in [0.1, 0.15) is 27.5 Å². The quantitative estimate of drug-likeness (QED) is 0.0846. The summed E-state index contributed by atoms with van der Waals surface area (Å²) in [7, 11) is 0. The molecule has 4 heterocycles. The number of allylic oxidation sites excluding steroid dienone is 1. The van der Waals surface area contributed by atoms with Crippen LogP contribution >= 0.6 is 34.7 Å². The van der Waals surface area contributed by atoms with Crippen LogP contribution in [0.2, 0.25) is 5.02 Å². The normalized spacial score (nSPS) is 11.4. The molecule has 194 valence electrons. The molecule has 0 amide bonds. The van der Waals surface area contributed by atoms with Crippen LogP contribution < -0.4 is 5.56 Å². The lowest BCUT2D eigenvalue weighted by molar-refractivity contribution is 0.102. The summed E-state index contributed by atoms with van der Waals surface area (Å²) in [5.41, 5.74) is 3.25. The van der Waals surface area contributed by atoms with Gasteiger partial charge in [-0.1, -0.05) is 29.4 Å². The van der Waals surface area contributed by atoms with Gasteiger partial charge in [0.1, 0.15) is 22.2 Å². The molecular weight excluding hydrogens is 545 g/mol. The molecule has 5 rings (SSSR count). The Morgan fingerprint density at radius 1 is 1.24 bits per heavy atom. The van der Waals surface area contributed by atoms with E-state index >= 15 is 0 Å². The molecule has 0 radical (unpaired) electrons. The highest BCUT2D eigenvalue weighted by molar-refractivity contribution is 7.99. The molecule has 0 atom stereocenters. The molecule has 0 saturated carbocycles. The van der Waals surface area contributed by atoms with Gasteiger partial charge in [-0.25, -0.2) is 9.37 Å². The first-order chi connectivity index (χ1) is 18.2. The van der Waals surface area contributed by atoms with Gasteiger partial charge in [0.15, 0.2) is 10.9 Å². The number of benzene rings is 1. The van der Waals surface area contributed by atoms with Crippen molar-refractivity contribution in [1.29, 1.82) is 0 Å². The third-order valence-corrected chi connectivity index (χ3v) is 8.34. The van der Waals surface area contributed by atoms with Gasteiger partial charge >= 0.3 is 0 Å². The van der Waals surface area contributed by atoms with E-state index in [1.54, 1.807) is 18.2 Å². The van der Waals surface area contributed by atoms with E-state index in [1.165, 1.54) is 39.8 Å². The number of fused-ring (bicyclic) bond motifs is 1. The molecule has 0 fully saturated rings. The van der Waals surface area contributed by atoms with Gasteiger partial charge in [0, 0.05) is 40.1 Å². The maximum atomic E-state index is 13.7. The lowest BCUT2D eigenvalue weighted by Gasteiger charge is -2.11. The monoisotopic (exact) mass is 567 g/mol. The Labute approximate surface area is 231 Å². The first-order valence-corrected chi connectivity index (χ1v) is 13.9. The van der Waals surface area contributed by atoms with Crippen molar-refractivity contribution in [2.24, 2.45) is 0 Å². The van der Waals surface area contributed by atoms with E-state index in [1.807, 2.05) is 42.9 Å². The molecule has 0 aliphatic heterocycles.